The summed E-state index contributed by atoms with van der Waals surface area (Å²) >= 11 is 0. The van der Waals surface area contributed by atoms with E-state index in [1.54, 1.807) is 4.90 Å². The normalized spacial score (nSPS) is 28.0. The number of carbonyl (C=O) groups excluding carboxylic acids is 1. The van der Waals surface area contributed by atoms with Crippen molar-refractivity contribution in [2.24, 2.45) is 11.8 Å². The number of piperidine rings is 1. The van der Waals surface area contributed by atoms with Crippen molar-refractivity contribution < 1.29 is 18.7 Å². The highest BCUT2D eigenvalue weighted by Gasteiger charge is 2.48. The molecular weight excluding hydrogens is 357 g/mol. The fourth-order valence-electron chi connectivity index (χ4n) is 4.68. The van der Waals surface area contributed by atoms with E-state index in [1.165, 1.54) is 5.56 Å². The van der Waals surface area contributed by atoms with Gasteiger partial charge in [0.15, 0.2) is 5.67 Å². The van der Waals surface area contributed by atoms with Crippen LogP contribution >= 0.6 is 0 Å². The van der Waals surface area contributed by atoms with Crippen molar-refractivity contribution in [3.05, 3.63) is 35.9 Å². The Hall–Kier alpha value is -1.46. The maximum absolute atomic E-state index is 14.7. The van der Waals surface area contributed by atoms with Gasteiger partial charge in [-0.25, -0.2) is 4.39 Å². The van der Waals surface area contributed by atoms with E-state index >= 15 is 0 Å². The smallest absolute Gasteiger partial charge is 0.260 e. The molecule has 5 heteroatoms. The molecule has 0 N–H and O–H groups in total. The molecule has 2 aliphatic heterocycles. The molecular formula is C23H32FNO3. The molecule has 4 rings (SSSR count). The van der Waals surface area contributed by atoms with Crippen LogP contribution in [0.25, 0.3) is 0 Å². The van der Waals surface area contributed by atoms with Crippen molar-refractivity contribution in [3.8, 4) is 0 Å². The predicted molar refractivity (Wildman–Crippen MR) is 106 cm³/mol. The molecule has 0 radical (unpaired) electrons. The SMILES string of the molecule is O=C(N1CC[C@@H](OCC2CCOCC2)[C@H](Cc2ccccc2)C1)C1(F)CCC1. The fourth-order valence-corrected chi connectivity index (χ4v) is 4.68. The van der Waals surface area contributed by atoms with Crippen LogP contribution in [0.2, 0.25) is 0 Å². The van der Waals surface area contributed by atoms with Gasteiger partial charge in [-0.1, -0.05) is 30.3 Å². The minimum Gasteiger partial charge on any atom is -0.381 e. The van der Waals surface area contributed by atoms with Gasteiger partial charge in [-0.2, -0.15) is 0 Å². The molecule has 0 unspecified atom stereocenters. The van der Waals surface area contributed by atoms with Crippen molar-refractivity contribution in [1.82, 2.24) is 4.90 Å². The quantitative estimate of drug-likeness (QED) is 0.743. The summed E-state index contributed by atoms with van der Waals surface area (Å²) in [5, 5.41) is 0. The van der Waals surface area contributed by atoms with Gasteiger partial charge in [0.1, 0.15) is 0 Å². The van der Waals surface area contributed by atoms with Crippen LogP contribution in [-0.4, -0.2) is 55.5 Å². The molecule has 2 heterocycles. The van der Waals surface area contributed by atoms with Crippen molar-refractivity contribution in [3.63, 3.8) is 0 Å². The molecule has 4 nitrogen and oxygen atoms in total. The molecule has 28 heavy (non-hydrogen) atoms. The van der Waals surface area contributed by atoms with Crippen LogP contribution in [0, 0.1) is 11.8 Å². The molecule has 0 bridgehead atoms. The van der Waals surface area contributed by atoms with Crippen LogP contribution in [0.5, 0.6) is 0 Å². The second kappa shape index (κ2) is 8.91. The minimum absolute atomic E-state index is 0.129. The average molecular weight is 390 g/mol. The van der Waals surface area contributed by atoms with Crippen LogP contribution in [0.3, 0.4) is 0 Å². The Balaban J connectivity index is 1.40. The third kappa shape index (κ3) is 4.57. The number of halogens is 1. The molecule has 0 aromatic heterocycles. The van der Waals surface area contributed by atoms with E-state index in [0.29, 0.717) is 31.8 Å². The first-order valence-electron chi connectivity index (χ1n) is 10.9. The van der Waals surface area contributed by atoms with Crippen LogP contribution in [0.1, 0.15) is 44.1 Å². The van der Waals surface area contributed by atoms with Crippen molar-refractivity contribution >= 4 is 5.91 Å². The summed E-state index contributed by atoms with van der Waals surface area (Å²) in [6.45, 7) is 3.62. The lowest BCUT2D eigenvalue weighted by molar-refractivity contribution is -0.155. The first kappa shape index (κ1) is 19.8. The summed E-state index contributed by atoms with van der Waals surface area (Å²) in [6, 6.07) is 10.4. The lowest BCUT2D eigenvalue weighted by atomic mass is 9.79. The van der Waals surface area contributed by atoms with Gasteiger partial charge in [0.2, 0.25) is 0 Å². The van der Waals surface area contributed by atoms with E-state index in [0.717, 1.165) is 51.9 Å². The molecule has 1 aliphatic carbocycles. The second-order valence-corrected chi connectivity index (χ2v) is 8.74. The van der Waals surface area contributed by atoms with E-state index in [-0.39, 0.29) is 17.9 Å². The monoisotopic (exact) mass is 389 g/mol. The number of hydrogen-bond acceptors (Lipinski definition) is 3. The van der Waals surface area contributed by atoms with Gasteiger partial charge in [-0.15, -0.1) is 0 Å². The van der Waals surface area contributed by atoms with E-state index in [9.17, 15) is 9.18 Å². The number of benzene rings is 1. The van der Waals surface area contributed by atoms with E-state index in [2.05, 4.69) is 12.1 Å². The Bertz CT molecular complexity index is 643. The molecule has 2 saturated heterocycles. The third-order valence-corrected chi connectivity index (χ3v) is 6.71. The number of nitrogens with zero attached hydrogens (tertiary/aromatic N) is 1. The van der Waals surface area contributed by atoms with Gasteiger partial charge in [0, 0.05) is 38.8 Å². The Labute approximate surface area is 167 Å². The summed E-state index contributed by atoms with van der Waals surface area (Å²) in [5.41, 5.74) is -0.354. The molecule has 3 aliphatic rings. The van der Waals surface area contributed by atoms with Crippen LogP contribution in [-0.2, 0) is 20.7 Å². The van der Waals surface area contributed by atoms with Gasteiger partial charge < -0.3 is 14.4 Å². The summed E-state index contributed by atoms with van der Waals surface area (Å²) in [4.78, 5) is 14.5. The van der Waals surface area contributed by atoms with Crippen molar-refractivity contribution in [1.29, 1.82) is 0 Å². The van der Waals surface area contributed by atoms with E-state index in [4.69, 9.17) is 9.47 Å². The number of carbonyl (C=O) groups is 1. The second-order valence-electron chi connectivity index (χ2n) is 8.74. The van der Waals surface area contributed by atoms with Crippen molar-refractivity contribution in [2.45, 2.75) is 56.7 Å². The maximum atomic E-state index is 14.7. The molecule has 2 atom stereocenters. The molecule has 154 valence electrons. The Morgan fingerprint density at radius 1 is 1.18 bits per heavy atom. The lowest BCUT2D eigenvalue weighted by Gasteiger charge is -2.43. The molecule has 1 amide bonds. The minimum atomic E-state index is -1.60. The maximum Gasteiger partial charge on any atom is 0.260 e. The number of likely N-dealkylation sites (tertiary alicyclic amines) is 1. The lowest BCUT2D eigenvalue weighted by Crippen LogP contribution is -2.55. The molecule has 3 fully saturated rings. The molecule has 0 spiro atoms. The summed E-state index contributed by atoms with van der Waals surface area (Å²) in [5.74, 6) is 0.484. The number of ether oxygens (including phenoxy) is 2. The van der Waals surface area contributed by atoms with Gasteiger partial charge in [-0.05, 0) is 56.4 Å². The summed E-state index contributed by atoms with van der Waals surface area (Å²) in [6.07, 6.45) is 5.50. The Morgan fingerprint density at radius 2 is 1.93 bits per heavy atom. The largest absolute Gasteiger partial charge is 0.381 e. The topological polar surface area (TPSA) is 38.8 Å². The van der Waals surface area contributed by atoms with Gasteiger partial charge >= 0.3 is 0 Å². The molecule has 1 aromatic carbocycles. The highest BCUT2D eigenvalue weighted by Crippen LogP contribution is 2.38. The highest BCUT2D eigenvalue weighted by molar-refractivity contribution is 5.86. The summed E-state index contributed by atoms with van der Waals surface area (Å²) in [7, 11) is 0. The van der Waals surface area contributed by atoms with Gasteiger partial charge in [0.05, 0.1) is 6.10 Å². The zero-order chi connectivity index (χ0) is 19.4. The standard InChI is InChI=1S/C23H32FNO3/c24-23(10-4-11-23)22(26)25-12-7-21(28-17-19-8-13-27-14-9-19)20(16-25)15-18-5-2-1-3-6-18/h1-3,5-6,19-21H,4,7-17H2/t20-,21-/m1/s1. The fraction of sp³-hybridized carbons (Fsp3) is 0.696. The van der Waals surface area contributed by atoms with Crippen LogP contribution < -0.4 is 0 Å². The number of amides is 1. The van der Waals surface area contributed by atoms with E-state index in [1.807, 2.05) is 18.2 Å². The van der Waals surface area contributed by atoms with Gasteiger partial charge in [-0.3, -0.25) is 4.79 Å². The first-order valence-corrected chi connectivity index (χ1v) is 10.9. The number of alkyl halides is 1. The van der Waals surface area contributed by atoms with Gasteiger partial charge in [0.25, 0.3) is 5.91 Å². The van der Waals surface area contributed by atoms with E-state index < -0.39 is 5.67 Å². The molecule has 1 saturated carbocycles. The zero-order valence-corrected chi connectivity index (χ0v) is 16.7. The highest BCUT2D eigenvalue weighted by atomic mass is 19.1. The summed E-state index contributed by atoms with van der Waals surface area (Å²) < 4.78 is 26.5. The third-order valence-electron chi connectivity index (χ3n) is 6.71. The molecule has 1 aromatic rings. The zero-order valence-electron chi connectivity index (χ0n) is 16.7. The Kier molecular flexibility index (Phi) is 6.32. The predicted octanol–water partition coefficient (Wildman–Crippen LogP) is 3.78. The first-order chi connectivity index (χ1) is 13.6. The average Bonchev–Trinajstić information content (AvgIpc) is 2.72. The number of rotatable bonds is 6. The van der Waals surface area contributed by atoms with Crippen LogP contribution in [0.4, 0.5) is 4.39 Å². The number of hydrogen-bond donors (Lipinski definition) is 0. The Morgan fingerprint density at radius 3 is 2.61 bits per heavy atom. The van der Waals surface area contributed by atoms with Crippen molar-refractivity contribution in [2.75, 3.05) is 32.9 Å². The van der Waals surface area contributed by atoms with Crippen LogP contribution in [0.15, 0.2) is 30.3 Å².